The highest BCUT2D eigenvalue weighted by atomic mass is 16.3. The van der Waals surface area contributed by atoms with Crippen LogP contribution in [0.4, 0.5) is 0 Å². The predicted molar refractivity (Wildman–Crippen MR) is 271 cm³/mol. The Bertz CT molecular complexity index is 3970. The van der Waals surface area contributed by atoms with E-state index in [9.17, 15) is 0 Å². The first kappa shape index (κ1) is 36.7. The average molecular weight is 851 g/mol. The van der Waals surface area contributed by atoms with Crippen molar-refractivity contribution in [3.05, 3.63) is 275 Å². The molecule has 0 bridgehead atoms. The molecule has 3 nitrogen and oxygen atoms in total. The molecule has 0 unspecified atom stereocenters. The standard InChI is InChI=1S/C64H38N2O/c1-2-18-40(19-3-1)57-38-58(66-62(65-57)42-34-33-39-17-4-5-20-41(39)35-42)46-24-16-31-55-61(46)48-36-47-45-23-8-15-32-59(45)67-60(47)37-56(48)64(55)53-29-13-11-27-51(53)63(52-28-12-14-30-54(52)64)49-25-9-6-21-43(49)44-22-7-10-26-50(44)63/h1-38H. The summed E-state index contributed by atoms with van der Waals surface area (Å²) < 4.78 is 6.83. The summed E-state index contributed by atoms with van der Waals surface area (Å²) in [5.74, 6) is 0.692. The van der Waals surface area contributed by atoms with Crippen LogP contribution in [0.1, 0.15) is 44.5 Å². The number of furan rings is 1. The summed E-state index contributed by atoms with van der Waals surface area (Å²) in [6, 6.07) is 84.5. The SMILES string of the molecule is c1ccc(-c2cc(-c3cccc4c3-c3cc5c(cc3C43c4ccccc4C4(c6ccccc6-c6ccccc64)c4ccccc43)oc3ccccc35)nc(-c3ccc4ccccc4c3)n2)cc1. The third-order valence-electron chi connectivity index (χ3n) is 15.2. The molecule has 0 radical (unpaired) electrons. The normalized spacial score (nSPS) is 14.2. The number of para-hydroxylation sites is 1. The Labute approximate surface area is 387 Å². The largest absolute Gasteiger partial charge is 0.456 e. The molecule has 2 heterocycles. The fourth-order valence-electron chi connectivity index (χ4n) is 12.6. The number of fused-ring (bicyclic) bond motifs is 20. The number of hydrogen-bond acceptors (Lipinski definition) is 3. The Morgan fingerprint density at radius 1 is 0.299 bits per heavy atom. The van der Waals surface area contributed by atoms with Crippen molar-refractivity contribution in [3.63, 3.8) is 0 Å². The van der Waals surface area contributed by atoms with E-state index in [0.29, 0.717) is 5.82 Å². The molecule has 3 aliphatic carbocycles. The van der Waals surface area contributed by atoms with Crippen molar-refractivity contribution in [1.29, 1.82) is 0 Å². The van der Waals surface area contributed by atoms with Crippen molar-refractivity contribution in [2.45, 2.75) is 10.8 Å². The van der Waals surface area contributed by atoms with Crippen molar-refractivity contribution < 1.29 is 4.42 Å². The summed E-state index contributed by atoms with van der Waals surface area (Å²) >= 11 is 0. The molecule has 0 N–H and O–H groups in total. The van der Waals surface area contributed by atoms with Gasteiger partial charge in [0.2, 0.25) is 0 Å². The second kappa shape index (κ2) is 13.4. The summed E-state index contributed by atoms with van der Waals surface area (Å²) in [5.41, 5.74) is 20.5. The van der Waals surface area contributed by atoms with Crippen LogP contribution in [0.15, 0.2) is 235 Å². The molecule has 12 aromatic rings. The Balaban J connectivity index is 1.08. The molecule has 0 aliphatic heterocycles. The van der Waals surface area contributed by atoms with Crippen molar-refractivity contribution in [2.24, 2.45) is 0 Å². The number of aromatic nitrogens is 2. The minimum Gasteiger partial charge on any atom is -0.456 e. The molecule has 0 atom stereocenters. The van der Waals surface area contributed by atoms with E-state index in [2.05, 4.69) is 231 Å². The molecule has 15 rings (SSSR count). The van der Waals surface area contributed by atoms with Gasteiger partial charge in [0, 0.05) is 27.5 Å². The highest BCUT2D eigenvalue weighted by molar-refractivity contribution is 6.10. The molecule has 2 spiro atoms. The molecule has 3 heteroatoms. The number of rotatable bonds is 3. The molecule has 0 amide bonds. The predicted octanol–water partition coefficient (Wildman–Crippen LogP) is 15.6. The smallest absolute Gasteiger partial charge is 0.160 e. The van der Waals surface area contributed by atoms with Crippen molar-refractivity contribution >= 4 is 32.7 Å². The van der Waals surface area contributed by atoms with Crippen LogP contribution in [0.25, 0.3) is 88.9 Å². The summed E-state index contributed by atoms with van der Waals surface area (Å²) in [7, 11) is 0. The molecular formula is C64H38N2O. The van der Waals surface area contributed by atoms with E-state index >= 15 is 0 Å². The minimum absolute atomic E-state index is 0.540. The molecular weight excluding hydrogens is 813 g/mol. The maximum Gasteiger partial charge on any atom is 0.160 e. The van der Waals surface area contributed by atoms with Gasteiger partial charge < -0.3 is 4.42 Å². The Morgan fingerprint density at radius 2 is 0.851 bits per heavy atom. The van der Waals surface area contributed by atoms with E-state index in [0.717, 1.165) is 55.4 Å². The molecule has 10 aromatic carbocycles. The molecule has 3 aliphatic rings. The van der Waals surface area contributed by atoms with Gasteiger partial charge in [-0.05, 0) is 108 Å². The average Bonchev–Trinajstić information content (AvgIpc) is 4.02. The zero-order valence-electron chi connectivity index (χ0n) is 36.2. The van der Waals surface area contributed by atoms with E-state index < -0.39 is 10.8 Å². The van der Waals surface area contributed by atoms with Gasteiger partial charge in [-0.3, -0.25) is 0 Å². The number of nitrogens with zero attached hydrogens (tertiary/aromatic N) is 2. The van der Waals surface area contributed by atoms with Gasteiger partial charge in [-0.2, -0.15) is 0 Å². The lowest BCUT2D eigenvalue weighted by atomic mass is 9.52. The van der Waals surface area contributed by atoms with Crippen LogP contribution in [0.3, 0.4) is 0 Å². The lowest BCUT2D eigenvalue weighted by Gasteiger charge is -2.48. The van der Waals surface area contributed by atoms with Crippen LogP contribution in [0.5, 0.6) is 0 Å². The van der Waals surface area contributed by atoms with Crippen LogP contribution < -0.4 is 0 Å². The molecule has 0 saturated heterocycles. The van der Waals surface area contributed by atoms with Gasteiger partial charge >= 0.3 is 0 Å². The second-order valence-electron chi connectivity index (χ2n) is 18.3. The monoisotopic (exact) mass is 850 g/mol. The first-order chi connectivity index (χ1) is 33.2. The van der Waals surface area contributed by atoms with E-state index in [4.69, 9.17) is 14.4 Å². The van der Waals surface area contributed by atoms with Crippen LogP contribution in [-0.2, 0) is 10.8 Å². The Kier molecular flexibility index (Phi) is 7.36. The van der Waals surface area contributed by atoms with E-state index in [1.165, 1.54) is 72.1 Å². The summed E-state index contributed by atoms with van der Waals surface area (Å²) in [6.07, 6.45) is 0. The maximum atomic E-state index is 6.83. The van der Waals surface area contributed by atoms with Gasteiger partial charge in [-0.15, -0.1) is 0 Å². The lowest BCUT2D eigenvalue weighted by molar-refractivity contribution is 0.630. The van der Waals surface area contributed by atoms with Crippen LogP contribution in [0, 0.1) is 0 Å². The fourth-order valence-corrected chi connectivity index (χ4v) is 12.6. The van der Waals surface area contributed by atoms with Crippen molar-refractivity contribution in [2.75, 3.05) is 0 Å². The first-order valence-electron chi connectivity index (χ1n) is 23.1. The van der Waals surface area contributed by atoms with Crippen molar-refractivity contribution in [1.82, 2.24) is 9.97 Å². The van der Waals surface area contributed by atoms with Gasteiger partial charge in [0.05, 0.1) is 22.2 Å². The molecule has 2 aromatic heterocycles. The summed E-state index contributed by atoms with van der Waals surface area (Å²) in [4.78, 5) is 10.9. The van der Waals surface area contributed by atoms with Gasteiger partial charge in [0.1, 0.15) is 11.2 Å². The van der Waals surface area contributed by atoms with E-state index in [1.807, 2.05) is 0 Å². The zero-order valence-corrected chi connectivity index (χ0v) is 36.2. The highest BCUT2D eigenvalue weighted by Crippen LogP contribution is 2.68. The van der Waals surface area contributed by atoms with Gasteiger partial charge in [0.25, 0.3) is 0 Å². The quantitative estimate of drug-likeness (QED) is 0.178. The van der Waals surface area contributed by atoms with Crippen LogP contribution in [-0.4, -0.2) is 9.97 Å². The third-order valence-corrected chi connectivity index (χ3v) is 15.2. The Hall–Kier alpha value is -8.66. The molecule has 0 saturated carbocycles. The molecule has 67 heavy (non-hydrogen) atoms. The molecule has 0 fully saturated rings. The lowest BCUT2D eigenvalue weighted by Crippen LogP contribution is -2.43. The molecule has 310 valence electrons. The van der Waals surface area contributed by atoms with Gasteiger partial charge in [-0.1, -0.05) is 200 Å². The number of hydrogen-bond donors (Lipinski definition) is 0. The van der Waals surface area contributed by atoms with E-state index in [-0.39, 0.29) is 0 Å². The second-order valence-corrected chi connectivity index (χ2v) is 18.3. The topological polar surface area (TPSA) is 38.9 Å². The Morgan fingerprint density at radius 3 is 1.57 bits per heavy atom. The van der Waals surface area contributed by atoms with Gasteiger partial charge in [0.15, 0.2) is 5.82 Å². The third kappa shape index (κ3) is 4.75. The van der Waals surface area contributed by atoms with E-state index in [1.54, 1.807) is 0 Å². The summed E-state index contributed by atoms with van der Waals surface area (Å²) in [5, 5.41) is 4.55. The van der Waals surface area contributed by atoms with Crippen LogP contribution in [0.2, 0.25) is 0 Å². The van der Waals surface area contributed by atoms with Crippen LogP contribution >= 0.6 is 0 Å². The highest BCUT2D eigenvalue weighted by Gasteiger charge is 2.59. The number of benzene rings is 10. The first-order valence-corrected chi connectivity index (χ1v) is 23.1. The zero-order chi connectivity index (χ0) is 43.8. The maximum absolute atomic E-state index is 6.83. The van der Waals surface area contributed by atoms with Crippen molar-refractivity contribution in [3.8, 4) is 56.2 Å². The summed E-state index contributed by atoms with van der Waals surface area (Å²) in [6.45, 7) is 0. The van der Waals surface area contributed by atoms with Gasteiger partial charge in [-0.25, -0.2) is 9.97 Å². The fraction of sp³-hybridized carbons (Fsp3) is 0.0312. The minimum atomic E-state index is -0.713.